The molecule has 0 saturated heterocycles. The maximum atomic E-state index is 12.1. The Morgan fingerprint density at radius 1 is 1.19 bits per heavy atom. The zero-order valence-electron chi connectivity index (χ0n) is 14.4. The van der Waals surface area contributed by atoms with Gasteiger partial charge < -0.3 is 14.5 Å². The lowest BCUT2D eigenvalue weighted by atomic mass is 10.1. The third-order valence-electron chi connectivity index (χ3n) is 4.04. The number of hydrogen-bond donors (Lipinski definition) is 1. The highest BCUT2D eigenvalue weighted by molar-refractivity contribution is 6.30. The molecular weight excluding hydrogens is 354 g/mol. The van der Waals surface area contributed by atoms with Crippen LogP contribution < -0.4 is 15.7 Å². The molecule has 1 aromatic heterocycles. The van der Waals surface area contributed by atoms with E-state index in [1.165, 1.54) is 6.07 Å². The number of nitrogens with one attached hydrogen (secondary N) is 1. The van der Waals surface area contributed by atoms with Crippen molar-refractivity contribution in [3.8, 4) is 5.75 Å². The van der Waals surface area contributed by atoms with E-state index in [1.54, 1.807) is 30.3 Å². The SMILES string of the molecule is Cc1cc(=O)oc2cc(OCC(=O)NC(C)c3ccc(Cl)cc3)ccc12. The first-order valence-electron chi connectivity index (χ1n) is 8.14. The average Bonchev–Trinajstić information content (AvgIpc) is 2.60. The summed E-state index contributed by atoms with van der Waals surface area (Å²) in [7, 11) is 0. The fourth-order valence-corrected chi connectivity index (χ4v) is 2.79. The molecule has 1 unspecified atom stereocenters. The Balaban J connectivity index is 1.63. The number of benzene rings is 2. The smallest absolute Gasteiger partial charge is 0.336 e. The van der Waals surface area contributed by atoms with Gasteiger partial charge in [-0.2, -0.15) is 0 Å². The number of fused-ring (bicyclic) bond motifs is 1. The minimum Gasteiger partial charge on any atom is -0.484 e. The molecule has 134 valence electrons. The molecule has 3 aromatic rings. The van der Waals surface area contributed by atoms with Gasteiger partial charge in [0.15, 0.2) is 6.61 Å². The monoisotopic (exact) mass is 371 g/mol. The molecule has 0 saturated carbocycles. The lowest BCUT2D eigenvalue weighted by Gasteiger charge is -2.15. The molecular formula is C20H18ClNO4. The molecule has 6 heteroatoms. The van der Waals surface area contributed by atoms with Gasteiger partial charge in [0.25, 0.3) is 5.91 Å². The van der Waals surface area contributed by atoms with Crippen LogP contribution in [0, 0.1) is 6.92 Å². The Bertz CT molecular complexity index is 995. The minimum atomic E-state index is -0.415. The number of halogens is 1. The molecule has 1 atom stereocenters. The second-order valence-corrected chi connectivity index (χ2v) is 6.47. The second kappa shape index (κ2) is 7.62. The van der Waals surface area contributed by atoms with Crippen LogP contribution in [0.5, 0.6) is 5.75 Å². The van der Waals surface area contributed by atoms with Gasteiger partial charge in [0.1, 0.15) is 11.3 Å². The van der Waals surface area contributed by atoms with E-state index in [0.717, 1.165) is 16.5 Å². The first kappa shape index (κ1) is 18.0. The van der Waals surface area contributed by atoms with Crippen LogP contribution >= 0.6 is 11.6 Å². The van der Waals surface area contributed by atoms with Crippen molar-refractivity contribution in [3.63, 3.8) is 0 Å². The standard InChI is InChI=1S/C20H18ClNO4/c1-12-9-20(24)26-18-10-16(7-8-17(12)18)25-11-19(23)22-13(2)14-3-5-15(21)6-4-14/h3-10,13H,11H2,1-2H3,(H,22,23). The van der Waals surface area contributed by atoms with Gasteiger partial charge >= 0.3 is 5.63 Å². The molecule has 3 rings (SSSR count). The van der Waals surface area contributed by atoms with Crippen LogP contribution in [0.1, 0.15) is 24.1 Å². The Hall–Kier alpha value is -2.79. The first-order chi connectivity index (χ1) is 12.4. The fraction of sp³-hybridized carbons (Fsp3) is 0.200. The maximum Gasteiger partial charge on any atom is 0.336 e. The molecule has 0 aliphatic carbocycles. The molecule has 0 aliphatic heterocycles. The summed E-state index contributed by atoms with van der Waals surface area (Å²) in [6.07, 6.45) is 0. The first-order valence-corrected chi connectivity index (χ1v) is 8.52. The van der Waals surface area contributed by atoms with Crippen LogP contribution in [0.15, 0.2) is 57.7 Å². The predicted octanol–water partition coefficient (Wildman–Crippen LogP) is 4.01. The van der Waals surface area contributed by atoms with E-state index in [-0.39, 0.29) is 18.6 Å². The third-order valence-corrected chi connectivity index (χ3v) is 4.29. The van der Waals surface area contributed by atoms with Crippen LogP contribution in [0.3, 0.4) is 0 Å². The highest BCUT2D eigenvalue weighted by atomic mass is 35.5. The summed E-state index contributed by atoms with van der Waals surface area (Å²) < 4.78 is 10.7. The van der Waals surface area contributed by atoms with Crippen molar-refractivity contribution in [2.45, 2.75) is 19.9 Å². The summed E-state index contributed by atoms with van der Waals surface area (Å²) in [4.78, 5) is 23.6. The minimum absolute atomic E-state index is 0.139. The molecule has 1 amide bonds. The number of carbonyl (C=O) groups is 1. The highest BCUT2D eigenvalue weighted by Gasteiger charge is 2.11. The van der Waals surface area contributed by atoms with E-state index >= 15 is 0 Å². The van der Waals surface area contributed by atoms with Gasteiger partial charge in [-0.3, -0.25) is 4.79 Å². The van der Waals surface area contributed by atoms with Crippen molar-refractivity contribution in [3.05, 3.63) is 75.1 Å². The van der Waals surface area contributed by atoms with Crippen molar-refractivity contribution in [2.24, 2.45) is 0 Å². The zero-order chi connectivity index (χ0) is 18.7. The number of carbonyl (C=O) groups excluding carboxylic acids is 1. The molecule has 0 radical (unpaired) electrons. The summed E-state index contributed by atoms with van der Waals surface area (Å²) in [5.74, 6) is 0.207. The van der Waals surface area contributed by atoms with E-state index in [0.29, 0.717) is 16.4 Å². The largest absolute Gasteiger partial charge is 0.484 e. The summed E-state index contributed by atoms with van der Waals surface area (Å²) in [6, 6.07) is 13.7. The van der Waals surface area contributed by atoms with E-state index < -0.39 is 5.63 Å². The van der Waals surface area contributed by atoms with Crippen LogP contribution in [-0.2, 0) is 4.79 Å². The summed E-state index contributed by atoms with van der Waals surface area (Å²) >= 11 is 5.87. The summed E-state index contributed by atoms with van der Waals surface area (Å²) in [5, 5.41) is 4.34. The van der Waals surface area contributed by atoms with Crippen LogP contribution in [0.4, 0.5) is 0 Å². The Kier molecular flexibility index (Phi) is 5.28. The molecule has 26 heavy (non-hydrogen) atoms. The van der Waals surface area contributed by atoms with Gasteiger partial charge in [-0.05, 0) is 49.2 Å². The zero-order valence-corrected chi connectivity index (χ0v) is 15.2. The predicted molar refractivity (Wildman–Crippen MR) is 101 cm³/mol. The second-order valence-electron chi connectivity index (χ2n) is 6.04. The Morgan fingerprint density at radius 2 is 1.92 bits per heavy atom. The Morgan fingerprint density at radius 3 is 2.65 bits per heavy atom. The van der Waals surface area contributed by atoms with Crippen molar-refractivity contribution >= 4 is 28.5 Å². The molecule has 0 fully saturated rings. The number of aryl methyl sites for hydroxylation is 1. The van der Waals surface area contributed by atoms with Gasteiger partial charge in [0.05, 0.1) is 6.04 Å². The molecule has 2 aromatic carbocycles. The Labute approximate surface area is 155 Å². The average molecular weight is 372 g/mol. The highest BCUT2D eigenvalue weighted by Crippen LogP contribution is 2.22. The van der Waals surface area contributed by atoms with Gasteiger partial charge in [-0.25, -0.2) is 4.79 Å². The van der Waals surface area contributed by atoms with Crippen LogP contribution in [0.25, 0.3) is 11.0 Å². The number of amides is 1. The van der Waals surface area contributed by atoms with Crippen LogP contribution in [-0.4, -0.2) is 12.5 Å². The van der Waals surface area contributed by atoms with Crippen molar-refractivity contribution in [1.29, 1.82) is 0 Å². The molecule has 0 aliphatic rings. The van der Waals surface area contributed by atoms with Crippen molar-refractivity contribution < 1.29 is 13.9 Å². The quantitative estimate of drug-likeness (QED) is 0.688. The number of ether oxygens (including phenoxy) is 1. The summed E-state index contributed by atoms with van der Waals surface area (Å²) in [6.45, 7) is 3.58. The fourth-order valence-electron chi connectivity index (χ4n) is 2.66. The van der Waals surface area contributed by atoms with E-state index in [2.05, 4.69) is 5.32 Å². The number of rotatable bonds is 5. The van der Waals surface area contributed by atoms with Crippen molar-refractivity contribution in [2.75, 3.05) is 6.61 Å². The number of hydrogen-bond acceptors (Lipinski definition) is 4. The maximum absolute atomic E-state index is 12.1. The lowest BCUT2D eigenvalue weighted by molar-refractivity contribution is -0.123. The third kappa shape index (κ3) is 4.24. The molecule has 1 heterocycles. The molecule has 0 spiro atoms. The van der Waals surface area contributed by atoms with E-state index in [1.807, 2.05) is 26.0 Å². The molecule has 5 nitrogen and oxygen atoms in total. The van der Waals surface area contributed by atoms with Gasteiger partial charge in [0.2, 0.25) is 0 Å². The van der Waals surface area contributed by atoms with E-state index in [4.69, 9.17) is 20.8 Å². The topological polar surface area (TPSA) is 68.5 Å². The lowest BCUT2D eigenvalue weighted by Crippen LogP contribution is -2.31. The van der Waals surface area contributed by atoms with Gasteiger partial charge in [0, 0.05) is 22.5 Å². The molecule has 1 N–H and O–H groups in total. The molecule has 0 bridgehead atoms. The van der Waals surface area contributed by atoms with Crippen molar-refractivity contribution in [1.82, 2.24) is 5.32 Å². The summed E-state index contributed by atoms with van der Waals surface area (Å²) in [5.41, 5.74) is 1.80. The van der Waals surface area contributed by atoms with Gasteiger partial charge in [-0.1, -0.05) is 23.7 Å². The normalized spacial score (nSPS) is 12.0. The van der Waals surface area contributed by atoms with Crippen LogP contribution in [0.2, 0.25) is 5.02 Å². The van der Waals surface area contributed by atoms with Gasteiger partial charge in [-0.15, -0.1) is 0 Å². The van der Waals surface area contributed by atoms with E-state index in [9.17, 15) is 9.59 Å².